The van der Waals surface area contributed by atoms with Crippen molar-refractivity contribution in [2.24, 2.45) is 5.10 Å². The maximum Gasteiger partial charge on any atom is 0.254 e. The Hall–Kier alpha value is -2.08. The number of hydrazone groups is 1. The van der Waals surface area contributed by atoms with Crippen LogP contribution in [0.15, 0.2) is 23.3 Å². The molecule has 6 nitrogen and oxygen atoms in total. The Kier molecular flexibility index (Phi) is 6.87. The number of nitrogens with zero attached hydrogens (tertiary/aromatic N) is 2. The fourth-order valence-corrected chi connectivity index (χ4v) is 2.65. The second kappa shape index (κ2) is 9.15. The number of ether oxygens (including phenoxy) is 2. The summed E-state index contributed by atoms with van der Waals surface area (Å²) in [6.45, 7) is 2.37. The van der Waals surface area contributed by atoms with Crippen LogP contribution in [0.5, 0.6) is 11.5 Å². The van der Waals surface area contributed by atoms with E-state index in [4.69, 9.17) is 9.47 Å². The summed E-state index contributed by atoms with van der Waals surface area (Å²) >= 11 is 0. The van der Waals surface area contributed by atoms with E-state index in [2.05, 4.69) is 15.4 Å². The number of hydrogen-bond donors (Lipinski definition) is 1. The number of rotatable bonds is 6. The van der Waals surface area contributed by atoms with Gasteiger partial charge in [-0.15, -0.1) is 0 Å². The lowest BCUT2D eigenvalue weighted by atomic mass is 10.2. The molecule has 0 radical (unpaired) electrons. The van der Waals surface area contributed by atoms with E-state index >= 15 is 0 Å². The molecule has 0 atom stereocenters. The molecule has 1 saturated heterocycles. The van der Waals surface area contributed by atoms with Crippen molar-refractivity contribution < 1.29 is 14.3 Å². The molecular formula is C17H25N3O3. The summed E-state index contributed by atoms with van der Waals surface area (Å²) in [7, 11) is 3.20. The largest absolute Gasteiger partial charge is 0.497 e. The summed E-state index contributed by atoms with van der Waals surface area (Å²) in [5.41, 5.74) is 3.33. The van der Waals surface area contributed by atoms with Crippen molar-refractivity contribution in [2.45, 2.75) is 25.7 Å². The number of likely N-dealkylation sites (tertiary alicyclic amines) is 1. The Morgan fingerprint density at radius 1 is 1.22 bits per heavy atom. The molecule has 1 amide bonds. The summed E-state index contributed by atoms with van der Waals surface area (Å²) in [6.07, 6.45) is 6.41. The molecule has 1 aliphatic heterocycles. The zero-order valence-corrected chi connectivity index (χ0v) is 13.9. The molecule has 1 N–H and O–H groups in total. The Labute approximate surface area is 137 Å². The molecule has 0 unspecified atom stereocenters. The molecule has 1 heterocycles. The number of carbonyl (C=O) groups excluding carboxylic acids is 1. The van der Waals surface area contributed by atoms with Crippen molar-refractivity contribution in [3.8, 4) is 11.5 Å². The predicted octanol–water partition coefficient (Wildman–Crippen LogP) is 2.03. The minimum Gasteiger partial charge on any atom is -0.497 e. The van der Waals surface area contributed by atoms with Gasteiger partial charge in [-0.25, -0.2) is 5.43 Å². The highest BCUT2D eigenvalue weighted by Crippen LogP contribution is 2.22. The highest BCUT2D eigenvalue weighted by molar-refractivity contribution is 5.86. The van der Waals surface area contributed by atoms with Gasteiger partial charge in [0, 0.05) is 5.56 Å². The van der Waals surface area contributed by atoms with Gasteiger partial charge in [0.25, 0.3) is 5.91 Å². The van der Waals surface area contributed by atoms with E-state index in [-0.39, 0.29) is 5.91 Å². The van der Waals surface area contributed by atoms with E-state index in [0.717, 1.165) is 31.5 Å². The number of carbonyl (C=O) groups is 1. The number of nitrogens with one attached hydrogen (secondary N) is 1. The third kappa shape index (κ3) is 5.56. The molecule has 0 saturated carbocycles. The Bertz CT molecular complexity index is 538. The van der Waals surface area contributed by atoms with Crippen LogP contribution in [0.25, 0.3) is 0 Å². The standard InChI is InChI=1S/C17H25N3O3/c1-22-15-7-8-16(23-2)14(11-15)12-18-19-17(21)13-20-9-5-3-4-6-10-20/h7-8,11-12H,3-6,9-10,13H2,1-2H3,(H,19,21)/b18-12-. The lowest BCUT2D eigenvalue weighted by molar-refractivity contribution is -0.122. The second-order valence-electron chi connectivity index (χ2n) is 5.59. The smallest absolute Gasteiger partial charge is 0.254 e. The highest BCUT2D eigenvalue weighted by Gasteiger charge is 2.12. The molecule has 23 heavy (non-hydrogen) atoms. The van der Waals surface area contributed by atoms with Crippen LogP contribution in [0, 0.1) is 0 Å². The first-order valence-electron chi connectivity index (χ1n) is 7.99. The third-order valence-electron chi connectivity index (χ3n) is 3.90. The third-order valence-corrected chi connectivity index (χ3v) is 3.90. The van der Waals surface area contributed by atoms with Gasteiger partial charge in [-0.05, 0) is 44.1 Å². The zero-order chi connectivity index (χ0) is 16.5. The first kappa shape index (κ1) is 17.3. The average Bonchev–Trinajstić information content (AvgIpc) is 2.83. The first-order valence-corrected chi connectivity index (χ1v) is 7.99. The number of benzene rings is 1. The minimum atomic E-state index is -0.0926. The van der Waals surface area contributed by atoms with Crippen molar-refractivity contribution in [3.05, 3.63) is 23.8 Å². The molecule has 2 rings (SSSR count). The second-order valence-corrected chi connectivity index (χ2v) is 5.59. The average molecular weight is 319 g/mol. The SMILES string of the molecule is COc1ccc(OC)c(/C=N\NC(=O)CN2CCCCCC2)c1. The highest BCUT2D eigenvalue weighted by atomic mass is 16.5. The van der Waals surface area contributed by atoms with Gasteiger partial charge in [0.05, 0.1) is 27.0 Å². The van der Waals surface area contributed by atoms with Gasteiger partial charge < -0.3 is 9.47 Å². The Morgan fingerprint density at radius 2 is 1.96 bits per heavy atom. The van der Waals surface area contributed by atoms with Crippen molar-refractivity contribution >= 4 is 12.1 Å². The molecule has 6 heteroatoms. The van der Waals surface area contributed by atoms with Gasteiger partial charge in [0.1, 0.15) is 11.5 Å². The predicted molar refractivity (Wildman–Crippen MR) is 90.2 cm³/mol. The van der Waals surface area contributed by atoms with Gasteiger partial charge in [-0.2, -0.15) is 5.10 Å². The number of hydrogen-bond acceptors (Lipinski definition) is 5. The molecule has 0 aromatic heterocycles. The van der Waals surface area contributed by atoms with E-state index in [1.165, 1.54) is 12.8 Å². The van der Waals surface area contributed by atoms with Crippen LogP contribution in [-0.2, 0) is 4.79 Å². The maximum atomic E-state index is 12.0. The molecular weight excluding hydrogens is 294 g/mol. The molecule has 1 aromatic carbocycles. The Balaban J connectivity index is 1.89. The van der Waals surface area contributed by atoms with Crippen LogP contribution in [0.2, 0.25) is 0 Å². The summed E-state index contributed by atoms with van der Waals surface area (Å²) in [5, 5.41) is 4.03. The lowest BCUT2D eigenvalue weighted by Gasteiger charge is -2.17. The van der Waals surface area contributed by atoms with Crippen molar-refractivity contribution in [1.82, 2.24) is 10.3 Å². The zero-order valence-electron chi connectivity index (χ0n) is 13.9. The van der Waals surface area contributed by atoms with Gasteiger partial charge in [-0.1, -0.05) is 12.8 Å². The van der Waals surface area contributed by atoms with E-state index in [9.17, 15) is 4.79 Å². The summed E-state index contributed by atoms with van der Waals surface area (Å²) in [4.78, 5) is 14.2. The van der Waals surface area contributed by atoms with Crippen LogP contribution in [0.3, 0.4) is 0 Å². The quantitative estimate of drug-likeness (QED) is 0.644. The first-order chi connectivity index (χ1) is 11.2. The van der Waals surface area contributed by atoms with Crippen LogP contribution < -0.4 is 14.9 Å². The summed E-state index contributed by atoms with van der Waals surface area (Å²) < 4.78 is 10.5. The van der Waals surface area contributed by atoms with Crippen molar-refractivity contribution in [1.29, 1.82) is 0 Å². The number of amides is 1. The van der Waals surface area contributed by atoms with E-state index < -0.39 is 0 Å². The van der Waals surface area contributed by atoms with Crippen LogP contribution in [0.1, 0.15) is 31.2 Å². The molecule has 0 bridgehead atoms. The normalized spacial score (nSPS) is 16.1. The fourth-order valence-electron chi connectivity index (χ4n) is 2.65. The monoisotopic (exact) mass is 319 g/mol. The van der Waals surface area contributed by atoms with Gasteiger partial charge >= 0.3 is 0 Å². The van der Waals surface area contributed by atoms with Gasteiger partial charge in [0.2, 0.25) is 0 Å². The summed E-state index contributed by atoms with van der Waals surface area (Å²) in [6, 6.07) is 5.43. The van der Waals surface area contributed by atoms with Crippen molar-refractivity contribution in [3.63, 3.8) is 0 Å². The maximum absolute atomic E-state index is 12.0. The van der Waals surface area contributed by atoms with Crippen LogP contribution in [0.4, 0.5) is 0 Å². The van der Waals surface area contributed by atoms with Gasteiger partial charge in [0.15, 0.2) is 0 Å². The summed E-state index contributed by atoms with van der Waals surface area (Å²) in [5.74, 6) is 1.30. The molecule has 0 aliphatic carbocycles. The lowest BCUT2D eigenvalue weighted by Crippen LogP contribution is -2.35. The van der Waals surface area contributed by atoms with Crippen LogP contribution in [-0.4, -0.2) is 50.9 Å². The molecule has 0 spiro atoms. The fraction of sp³-hybridized carbons (Fsp3) is 0.529. The topological polar surface area (TPSA) is 63.2 Å². The molecule has 1 fully saturated rings. The van der Waals surface area contributed by atoms with E-state index in [1.54, 1.807) is 26.5 Å². The number of methoxy groups -OCH3 is 2. The Morgan fingerprint density at radius 3 is 2.61 bits per heavy atom. The molecule has 1 aromatic rings. The molecule has 126 valence electrons. The molecule has 1 aliphatic rings. The van der Waals surface area contributed by atoms with Crippen molar-refractivity contribution in [2.75, 3.05) is 33.9 Å². The van der Waals surface area contributed by atoms with E-state index in [0.29, 0.717) is 18.0 Å². The van der Waals surface area contributed by atoms with Gasteiger partial charge in [-0.3, -0.25) is 9.69 Å². The van der Waals surface area contributed by atoms with E-state index in [1.807, 2.05) is 12.1 Å². The van der Waals surface area contributed by atoms with Crippen LogP contribution >= 0.6 is 0 Å². The minimum absolute atomic E-state index is 0.0926.